The Bertz CT molecular complexity index is 778. The lowest BCUT2D eigenvalue weighted by molar-refractivity contribution is 1.20. The van der Waals surface area contributed by atoms with E-state index < -0.39 is 0 Å². The Morgan fingerprint density at radius 1 is 0.952 bits per heavy atom. The van der Waals surface area contributed by atoms with Gasteiger partial charge in [0.15, 0.2) is 0 Å². The smallest absolute Gasteiger partial charge is 0.0519 e. The summed E-state index contributed by atoms with van der Waals surface area (Å²) in [6.45, 7) is 10.6. The fourth-order valence-corrected chi connectivity index (χ4v) is 3.30. The van der Waals surface area contributed by atoms with Crippen LogP contribution < -0.4 is 0 Å². The molecular formula is C20H19Cl. The predicted octanol–water partition coefficient (Wildman–Crippen LogP) is 5.83. The van der Waals surface area contributed by atoms with Gasteiger partial charge in [-0.1, -0.05) is 54.6 Å². The molecule has 3 rings (SSSR count). The van der Waals surface area contributed by atoms with E-state index in [9.17, 15) is 0 Å². The predicted molar refractivity (Wildman–Crippen MR) is 92.6 cm³/mol. The fourth-order valence-electron chi connectivity index (χ4n) is 3.03. The molecule has 2 aromatic rings. The zero-order valence-corrected chi connectivity index (χ0v) is 13.5. The van der Waals surface area contributed by atoms with Gasteiger partial charge in [0.1, 0.15) is 0 Å². The van der Waals surface area contributed by atoms with Gasteiger partial charge in [0.25, 0.3) is 0 Å². The number of halogens is 1. The van der Waals surface area contributed by atoms with Crippen LogP contribution in [0.15, 0.2) is 48.0 Å². The van der Waals surface area contributed by atoms with Crippen LogP contribution in [-0.4, -0.2) is 0 Å². The van der Waals surface area contributed by atoms with E-state index >= 15 is 0 Å². The molecular weight excluding hydrogens is 276 g/mol. The summed E-state index contributed by atoms with van der Waals surface area (Å²) < 4.78 is 0. The standard InChI is InChI=1S/C20H19Cl/c1-12-8-9-16(10-14(12)3)18-11-17-7-5-6-13(2)19(17)15(4)20(18)21/h5-10H,4,11H2,1-3H3. The fraction of sp³-hybridized carbons (Fsp3) is 0.200. The van der Waals surface area contributed by atoms with Crippen LogP contribution in [0.4, 0.5) is 0 Å². The number of benzene rings is 2. The maximum atomic E-state index is 6.64. The first-order chi connectivity index (χ1) is 9.99. The molecule has 0 nitrogen and oxygen atoms in total. The molecule has 106 valence electrons. The van der Waals surface area contributed by atoms with Crippen molar-refractivity contribution in [1.82, 2.24) is 0 Å². The summed E-state index contributed by atoms with van der Waals surface area (Å²) in [5.74, 6) is 0. The zero-order chi connectivity index (χ0) is 15.1. The van der Waals surface area contributed by atoms with E-state index in [-0.39, 0.29) is 0 Å². The van der Waals surface area contributed by atoms with Gasteiger partial charge in [-0.3, -0.25) is 0 Å². The van der Waals surface area contributed by atoms with Crippen molar-refractivity contribution in [3.8, 4) is 0 Å². The second kappa shape index (κ2) is 5.20. The molecule has 0 heterocycles. The summed E-state index contributed by atoms with van der Waals surface area (Å²) in [6.07, 6.45) is 0.872. The number of hydrogen-bond acceptors (Lipinski definition) is 0. The van der Waals surface area contributed by atoms with E-state index in [1.54, 1.807) is 0 Å². The normalized spacial score (nSPS) is 14.4. The topological polar surface area (TPSA) is 0 Å². The molecule has 1 aliphatic rings. The minimum atomic E-state index is 0.806. The molecule has 21 heavy (non-hydrogen) atoms. The molecule has 0 saturated heterocycles. The number of fused-ring (bicyclic) bond motifs is 1. The van der Waals surface area contributed by atoms with E-state index in [4.69, 9.17) is 11.6 Å². The van der Waals surface area contributed by atoms with E-state index in [1.165, 1.54) is 39.0 Å². The first-order valence-corrected chi connectivity index (χ1v) is 7.61. The van der Waals surface area contributed by atoms with Crippen LogP contribution in [0.25, 0.3) is 11.1 Å². The number of rotatable bonds is 1. The molecule has 0 aliphatic heterocycles. The molecule has 2 aromatic carbocycles. The molecule has 0 bridgehead atoms. The van der Waals surface area contributed by atoms with E-state index in [0.717, 1.165) is 17.0 Å². The molecule has 0 spiro atoms. The van der Waals surface area contributed by atoms with Gasteiger partial charge in [0.2, 0.25) is 0 Å². The highest BCUT2D eigenvalue weighted by Crippen LogP contribution is 2.42. The molecule has 0 fully saturated rings. The van der Waals surface area contributed by atoms with Crippen LogP contribution in [-0.2, 0) is 6.42 Å². The molecule has 0 aromatic heterocycles. The Morgan fingerprint density at radius 2 is 1.71 bits per heavy atom. The zero-order valence-electron chi connectivity index (χ0n) is 12.8. The third-order valence-corrected chi connectivity index (χ3v) is 4.87. The molecule has 0 radical (unpaired) electrons. The van der Waals surface area contributed by atoms with Crippen LogP contribution in [0.2, 0.25) is 0 Å². The van der Waals surface area contributed by atoms with Gasteiger partial charge in [-0.15, -0.1) is 0 Å². The van der Waals surface area contributed by atoms with Crippen LogP contribution in [0.1, 0.15) is 33.4 Å². The van der Waals surface area contributed by atoms with Gasteiger partial charge < -0.3 is 0 Å². The van der Waals surface area contributed by atoms with E-state index in [2.05, 4.69) is 63.7 Å². The van der Waals surface area contributed by atoms with Crippen molar-refractivity contribution >= 4 is 22.7 Å². The van der Waals surface area contributed by atoms with Crippen molar-refractivity contribution in [2.24, 2.45) is 0 Å². The van der Waals surface area contributed by atoms with Crippen molar-refractivity contribution < 1.29 is 0 Å². The second-order valence-corrected chi connectivity index (χ2v) is 6.23. The first kappa shape index (κ1) is 14.2. The van der Waals surface area contributed by atoms with E-state index in [0.29, 0.717) is 0 Å². The monoisotopic (exact) mass is 294 g/mol. The number of allylic oxidation sites excluding steroid dienone is 3. The molecule has 0 unspecified atom stereocenters. The largest absolute Gasteiger partial charge is 0.0896 e. The number of aryl methyl sites for hydroxylation is 3. The second-order valence-electron chi connectivity index (χ2n) is 5.86. The van der Waals surface area contributed by atoms with Gasteiger partial charge in [-0.2, -0.15) is 0 Å². The maximum absolute atomic E-state index is 6.64. The molecule has 0 N–H and O–H groups in total. The summed E-state index contributed by atoms with van der Waals surface area (Å²) in [5, 5.41) is 0.806. The lowest BCUT2D eigenvalue weighted by atomic mass is 9.83. The summed E-state index contributed by atoms with van der Waals surface area (Å²) in [4.78, 5) is 0. The summed E-state index contributed by atoms with van der Waals surface area (Å²) >= 11 is 6.64. The Morgan fingerprint density at radius 3 is 2.43 bits per heavy atom. The molecule has 0 atom stereocenters. The van der Waals surface area contributed by atoms with Gasteiger partial charge >= 0.3 is 0 Å². The maximum Gasteiger partial charge on any atom is 0.0519 e. The van der Waals surface area contributed by atoms with Crippen LogP contribution in [0.3, 0.4) is 0 Å². The molecule has 0 amide bonds. The van der Waals surface area contributed by atoms with Crippen LogP contribution >= 0.6 is 11.6 Å². The summed E-state index contributed by atoms with van der Waals surface area (Å²) in [5.41, 5.74) is 9.72. The van der Waals surface area contributed by atoms with Crippen LogP contribution in [0.5, 0.6) is 0 Å². The Labute approximate surface area is 131 Å². The summed E-state index contributed by atoms with van der Waals surface area (Å²) in [6, 6.07) is 13.0. The number of hydrogen-bond donors (Lipinski definition) is 0. The minimum Gasteiger partial charge on any atom is -0.0896 e. The van der Waals surface area contributed by atoms with Gasteiger partial charge in [-0.25, -0.2) is 0 Å². The van der Waals surface area contributed by atoms with Crippen molar-refractivity contribution in [1.29, 1.82) is 0 Å². The van der Waals surface area contributed by atoms with Gasteiger partial charge in [0.05, 0.1) is 5.03 Å². The molecule has 1 heteroatoms. The lowest BCUT2D eigenvalue weighted by Gasteiger charge is -2.24. The Balaban J connectivity index is 2.15. The Kier molecular flexibility index (Phi) is 3.51. The third kappa shape index (κ3) is 2.34. The molecule has 1 aliphatic carbocycles. The average Bonchev–Trinajstić information content (AvgIpc) is 2.46. The van der Waals surface area contributed by atoms with Crippen molar-refractivity contribution in [2.75, 3.05) is 0 Å². The lowest BCUT2D eigenvalue weighted by Crippen LogP contribution is -2.06. The Hall–Kier alpha value is -1.79. The first-order valence-electron chi connectivity index (χ1n) is 7.23. The third-order valence-electron chi connectivity index (χ3n) is 4.41. The summed E-state index contributed by atoms with van der Waals surface area (Å²) in [7, 11) is 0. The molecule has 0 saturated carbocycles. The minimum absolute atomic E-state index is 0.806. The quantitative estimate of drug-likeness (QED) is 0.620. The van der Waals surface area contributed by atoms with Gasteiger partial charge in [0, 0.05) is 6.42 Å². The highest BCUT2D eigenvalue weighted by atomic mass is 35.5. The highest BCUT2D eigenvalue weighted by Gasteiger charge is 2.22. The highest BCUT2D eigenvalue weighted by molar-refractivity contribution is 6.40. The van der Waals surface area contributed by atoms with E-state index in [1.807, 2.05) is 0 Å². The van der Waals surface area contributed by atoms with Crippen molar-refractivity contribution in [3.05, 3.63) is 81.4 Å². The van der Waals surface area contributed by atoms with Crippen LogP contribution in [0, 0.1) is 20.8 Å². The average molecular weight is 295 g/mol. The SMILES string of the molecule is C=C1C(Cl)=C(c2ccc(C)c(C)c2)Cc2cccc(C)c21. The van der Waals surface area contributed by atoms with Crippen molar-refractivity contribution in [2.45, 2.75) is 27.2 Å². The van der Waals surface area contributed by atoms with Gasteiger partial charge in [-0.05, 0) is 65.3 Å². The van der Waals surface area contributed by atoms with Crippen molar-refractivity contribution in [3.63, 3.8) is 0 Å².